The molecule has 1 heterocycles. The van der Waals surface area contributed by atoms with Crippen LogP contribution in [-0.2, 0) is 11.2 Å². The normalized spacial score (nSPS) is 30.9. The van der Waals surface area contributed by atoms with E-state index < -0.39 is 11.7 Å². The lowest BCUT2D eigenvalue weighted by Gasteiger charge is -2.46. The average Bonchev–Trinajstić information content (AvgIpc) is 3.17. The molecule has 2 fully saturated rings. The number of benzene rings is 2. The number of hydrogen-bond donors (Lipinski definition) is 2. The number of carbonyl (C=O) groups excluding carboxylic acids is 1. The zero-order valence-corrected chi connectivity index (χ0v) is 23.0. The number of nitrogens with zero attached hydrogens (tertiary/aromatic N) is 1. The summed E-state index contributed by atoms with van der Waals surface area (Å²) in [4.78, 5) is 16.3. The summed E-state index contributed by atoms with van der Waals surface area (Å²) in [6.07, 6.45) is 7.23. The van der Waals surface area contributed by atoms with Gasteiger partial charge in [0.15, 0.2) is 5.78 Å². The number of ketones is 1. The molecule has 38 heavy (non-hydrogen) atoms. The zero-order chi connectivity index (χ0) is 26.8. The SMILES string of the molecule is CC1=CCCC2(C)C(CCC2(O)CN2CCOCC2)c2ccc(cc2C(=O)c2ccccc2)CC(O)CC1. The molecule has 1 aliphatic heterocycles. The molecule has 6 rings (SSSR count). The Morgan fingerprint density at radius 2 is 1.84 bits per heavy atom. The van der Waals surface area contributed by atoms with E-state index in [1.807, 2.05) is 36.4 Å². The van der Waals surface area contributed by atoms with Crippen molar-refractivity contribution in [2.24, 2.45) is 5.41 Å². The number of aliphatic hydroxyl groups is 2. The van der Waals surface area contributed by atoms with Gasteiger partial charge in [-0.2, -0.15) is 0 Å². The summed E-state index contributed by atoms with van der Waals surface area (Å²) in [6.45, 7) is 8.15. The molecule has 3 aliphatic carbocycles. The first-order chi connectivity index (χ1) is 18.3. The quantitative estimate of drug-likeness (QED) is 0.426. The molecule has 204 valence electrons. The highest BCUT2D eigenvalue weighted by Crippen LogP contribution is 2.58. The molecule has 2 aromatic carbocycles. The Balaban J connectivity index is 1.59. The molecule has 4 unspecified atom stereocenters. The van der Waals surface area contributed by atoms with Crippen LogP contribution in [0.3, 0.4) is 0 Å². The molecular weight excluding hydrogens is 474 g/mol. The Hall–Kier alpha value is -2.31. The zero-order valence-electron chi connectivity index (χ0n) is 23.0. The van der Waals surface area contributed by atoms with Crippen molar-refractivity contribution in [1.29, 1.82) is 0 Å². The number of aliphatic hydroxyl groups excluding tert-OH is 1. The second kappa shape index (κ2) is 11.4. The van der Waals surface area contributed by atoms with Crippen molar-refractivity contribution in [3.05, 3.63) is 82.4 Å². The number of fused-ring (bicyclic) bond motifs is 8. The van der Waals surface area contributed by atoms with E-state index in [2.05, 4.69) is 37.0 Å². The van der Waals surface area contributed by atoms with Crippen LogP contribution >= 0.6 is 0 Å². The summed E-state index contributed by atoms with van der Waals surface area (Å²) in [6, 6.07) is 15.7. The molecule has 2 aromatic rings. The van der Waals surface area contributed by atoms with E-state index in [1.54, 1.807) is 0 Å². The molecule has 1 saturated heterocycles. The van der Waals surface area contributed by atoms with Crippen LogP contribution in [0.25, 0.3) is 0 Å². The number of morpholine rings is 1. The largest absolute Gasteiger partial charge is 0.393 e. The molecule has 2 N–H and O–H groups in total. The molecule has 0 aromatic heterocycles. The third kappa shape index (κ3) is 5.53. The second-order valence-corrected chi connectivity index (χ2v) is 12.0. The van der Waals surface area contributed by atoms with Crippen LogP contribution < -0.4 is 0 Å². The molecular formula is C33H43NO4. The number of carbonyl (C=O) groups is 1. The van der Waals surface area contributed by atoms with Crippen LogP contribution in [0.4, 0.5) is 0 Å². The predicted octanol–water partition coefficient (Wildman–Crippen LogP) is 5.29. The van der Waals surface area contributed by atoms with Gasteiger partial charge in [-0.1, -0.05) is 61.0 Å². The molecule has 4 aliphatic rings. The Kier molecular flexibility index (Phi) is 8.20. The van der Waals surface area contributed by atoms with Crippen molar-refractivity contribution in [1.82, 2.24) is 4.90 Å². The molecule has 0 amide bonds. The summed E-state index contributed by atoms with van der Waals surface area (Å²) in [7, 11) is 0. The molecule has 5 heteroatoms. The summed E-state index contributed by atoms with van der Waals surface area (Å²) in [5, 5.41) is 23.2. The first-order valence-electron chi connectivity index (χ1n) is 14.4. The first kappa shape index (κ1) is 27.3. The smallest absolute Gasteiger partial charge is 0.193 e. The molecule has 5 nitrogen and oxygen atoms in total. The van der Waals surface area contributed by atoms with E-state index >= 15 is 0 Å². The Morgan fingerprint density at radius 1 is 1.08 bits per heavy atom. The van der Waals surface area contributed by atoms with E-state index in [0.29, 0.717) is 44.6 Å². The number of rotatable bonds is 4. The fourth-order valence-electron chi connectivity index (χ4n) is 7.07. The standard InChI is InChI=1S/C33H43NO4/c1-24-7-6-15-32(2)30(14-16-33(32,37)23-34-17-19-38-20-18-34)28-13-11-25(21-27(35)12-10-24)22-29(28)31(36)26-8-4-3-5-9-26/h3-5,7-9,11,13,22,27,30,35,37H,6,10,12,14-21,23H2,1-2H3. The maximum Gasteiger partial charge on any atom is 0.193 e. The van der Waals surface area contributed by atoms with Crippen LogP contribution in [0.15, 0.2) is 60.2 Å². The van der Waals surface area contributed by atoms with Crippen molar-refractivity contribution in [3.8, 4) is 0 Å². The lowest BCUT2D eigenvalue weighted by atomic mass is 9.64. The van der Waals surface area contributed by atoms with Gasteiger partial charge in [0.2, 0.25) is 0 Å². The van der Waals surface area contributed by atoms with Gasteiger partial charge in [0, 0.05) is 36.2 Å². The monoisotopic (exact) mass is 517 g/mol. The fraction of sp³-hybridized carbons (Fsp3) is 0.545. The van der Waals surface area contributed by atoms with Crippen LogP contribution in [0, 0.1) is 5.41 Å². The minimum atomic E-state index is -0.851. The third-order valence-corrected chi connectivity index (χ3v) is 9.54. The van der Waals surface area contributed by atoms with E-state index in [4.69, 9.17) is 4.74 Å². The molecule has 2 bridgehead atoms. The van der Waals surface area contributed by atoms with Gasteiger partial charge in [-0.15, -0.1) is 0 Å². The third-order valence-electron chi connectivity index (χ3n) is 9.54. The van der Waals surface area contributed by atoms with Crippen molar-refractivity contribution in [2.45, 2.75) is 76.4 Å². The Bertz CT molecular complexity index is 1150. The van der Waals surface area contributed by atoms with E-state index in [-0.39, 0.29) is 17.1 Å². The summed E-state index contributed by atoms with van der Waals surface area (Å²) < 4.78 is 5.58. The summed E-state index contributed by atoms with van der Waals surface area (Å²) in [5.41, 5.74) is 3.47. The minimum absolute atomic E-state index is 0.0192. The van der Waals surface area contributed by atoms with Crippen molar-refractivity contribution in [3.63, 3.8) is 0 Å². The maximum atomic E-state index is 13.9. The van der Waals surface area contributed by atoms with Crippen molar-refractivity contribution < 1.29 is 19.7 Å². The summed E-state index contributed by atoms with van der Waals surface area (Å²) in [5.74, 6) is 0.0811. The van der Waals surface area contributed by atoms with Gasteiger partial charge < -0.3 is 14.9 Å². The second-order valence-electron chi connectivity index (χ2n) is 12.0. The highest BCUT2D eigenvalue weighted by Gasteiger charge is 2.57. The molecule has 4 atom stereocenters. The average molecular weight is 518 g/mol. The summed E-state index contributed by atoms with van der Waals surface area (Å²) >= 11 is 0. The van der Waals surface area contributed by atoms with Gasteiger partial charge in [0.25, 0.3) is 0 Å². The first-order valence-corrected chi connectivity index (χ1v) is 14.4. The maximum absolute atomic E-state index is 13.9. The van der Waals surface area contributed by atoms with Gasteiger partial charge in [-0.05, 0) is 75.0 Å². The van der Waals surface area contributed by atoms with Crippen LogP contribution in [0.2, 0.25) is 0 Å². The number of hydrogen-bond acceptors (Lipinski definition) is 5. The van der Waals surface area contributed by atoms with Gasteiger partial charge in [-0.25, -0.2) is 0 Å². The Morgan fingerprint density at radius 3 is 2.61 bits per heavy atom. The molecule has 0 spiro atoms. The highest BCUT2D eigenvalue weighted by molar-refractivity contribution is 6.10. The van der Waals surface area contributed by atoms with Crippen LogP contribution in [0.5, 0.6) is 0 Å². The minimum Gasteiger partial charge on any atom is -0.393 e. The van der Waals surface area contributed by atoms with Gasteiger partial charge >= 0.3 is 0 Å². The highest BCUT2D eigenvalue weighted by atomic mass is 16.5. The number of ether oxygens (including phenoxy) is 1. The van der Waals surface area contributed by atoms with Gasteiger partial charge in [0.1, 0.15) is 0 Å². The fourth-order valence-corrected chi connectivity index (χ4v) is 7.07. The lowest BCUT2D eigenvalue weighted by molar-refractivity contribution is -0.0959. The topological polar surface area (TPSA) is 70.0 Å². The predicted molar refractivity (Wildman–Crippen MR) is 151 cm³/mol. The number of β-amino-alcohol motifs (C(OH)–C–C–N with tert-alkyl or cyclic N) is 1. The van der Waals surface area contributed by atoms with E-state index in [0.717, 1.165) is 55.5 Å². The Labute approximate surface area is 227 Å². The van der Waals surface area contributed by atoms with Crippen LogP contribution in [-0.4, -0.2) is 65.4 Å². The van der Waals surface area contributed by atoms with Crippen molar-refractivity contribution in [2.75, 3.05) is 32.8 Å². The van der Waals surface area contributed by atoms with E-state index in [9.17, 15) is 15.0 Å². The van der Waals surface area contributed by atoms with Gasteiger partial charge in [-0.3, -0.25) is 9.69 Å². The van der Waals surface area contributed by atoms with Gasteiger partial charge in [0.05, 0.1) is 24.9 Å². The number of allylic oxidation sites excluding steroid dienone is 2. The van der Waals surface area contributed by atoms with E-state index in [1.165, 1.54) is 5.57 Å². The molecule has 1 saturated carbocycles. The lowest BCUT2D eigenvalue weighted by Crippen LogP contribution is -2.54. The molecule has 0 radical (unpaired) electrons. The van der Waals surface area contributed by atoms with Crippen LogP contribution in [0.1, 0.15) is 85.3 Å². The van der Waals surface area contributed by atoms with Crippen molar-refractivity contribution >= 4 is 5.78 Å².